The number of aryl methyl sites for hydroxylation is 2. The molecule has 0 spiro atoms. The Bertz CT molecular complexity index is 1000. The Labute approximate surface area is 171 Å². The lowest BCUT2D eigenvalue weighted by atomic mass is 9.97. The maximum absolute atomic E-state index is 12.8. The van der Waals surface area contributed by atoms with Crippen molar-refractivity contribution in [2.24, 2.45) is 5.92 Å². The van der Waals surface area contributed by atoms with Crippen LogP contribution in [-0.2, 0) is 4.79 Å². The largest absolute Gasteiger partial charge is 0.347 e. The highest BCUT2D eigenvalue weighted by Gasteiger charge is 2.27. The number of halogens is 1. The third-order valence-corrected chi connectivity index (χ3v) is 6.99. The molecule has 1 atom stereocenters. The first kappa shape index (κ1) is 18.4. The maximum Gasteiger partial charge on any atom is 0.229 e. The van der Waals surface area contributed by atoms with E-state index in [1.54, 1.807) is 11.3 Å². The Balaban J connectivity index is 1.48. The quantitative estimate of drug-likeness (QED) is 0.578. The zero-order valence-corrected chi connectivity index (χ0v) is 17.9. The second-order valence-electron chi connectivity index (χ2n) is 7.21. The van der Waals surface area contributed by atoms with Crippen LogP contribution in [-0.4, -0.2) is 24.0 Å². The van der Waals surface area contributed by atoms with Gasteiger partial charge in [0, 0.05) is 23.2 Å². The summed E-state index contributed by atoms with van der Waals surface area (Å²) in [7, 11) is 0. The summed E-state index contributed by atoms with van der Waals surface area (Å²) in [6.45, 7) is 5.81. The fraction of sp³-hybridized carbons (Fsp3) is 0.333. The second kappa shape index (κ2) is 7.60. The van der Waals surface area contributed by atoms with Gasteiger partial charge in [-0.15, -0.1) is 0 Å². The fourth-order valence-corrected chi connectivity index (χ4v) is 4.83. The molecule has 1 unspecified atom stereocenters. The van der Waals surface area contributed by atoms with Gasteiger partial charge in [-0.3, -0.25) is 4.79 Å². The number of nitrogens with one attached hydrogen (secondary N) is 1. The van der Waals surface area contributed by atoms with Crippen molar-refractivity contribution in [3.8, 4) is 0 Å². The first-order valence-corrected chi connectivity index (χ1v) is 10.8. The molecule has 140 valence electrons. The molecule has 1 N–H and O–H groups in total. The number of carbonyl (C=O) groups excluding carboxylic acids is 1. The molecule has 27 heavy (non-hydrogen) atoms. The van der Waals surface area contributed by atoms with Gasteiger partial charge in [0.2, 0.25) is 5.91 Å². The Morgan fingerprint density at radius 2 is 2.11 bits per heavy atom. The summed E-state index contributed by atoms with van der Waals surface area (Å²) in [5.74, 6) is 0.0785. The standard InChI is InChI=1S/C21H22BrN3OS/c1-13-5-8-18-19(10-13)27-21(24-18)25-9-3-4-15(12-25)20(26)23-16-6-7-17(22)14(2)11-16/h5-8,10-11,15H,3-4,9,12H2,1-2H3,(H,23,26). The van der Waals surface area contributed by atoms with Crippen LogP contribution in [0.15, 0.2) is 40.9 Å². The van der Waals surface area contributed by atoms with E-state index in [0.717, 1.165) is 52.3 Å². The van der Waals surface area contributed by atoms with Crippen LogP contribution in [0.4, 0.5) is 10.8 Å². The van der Waals surface area contributed by atoms with E-state index in [2.05, 4.69) is 51.3 Å². The fourth-order valence-electron chi connectivity index (χ4n) is 3.49. The number of aromatic nitrogens is 1. The van der Waals surface area contributed by atoms with Gasteiger partial charge in [-0.1, -0.05) is 33.3 Å². The van der Waals surface area contributed by atoms with E-state index >= 15 is 0 Å². The van der Waals surface area contributed by atoms with E-state index in [4.69, 9.17) is 4.98 Å². The Hall–Kier alpha value is -1.92. The number of carbonyl (C=O) groups is 1. The summed E-state index contributed by atoms with van der Waals surface area (Å²) in [6, 6.07) is 12.3. The van der Waals surface area contributed by atoms with E-state index in [1.165, 1.54) is 10.3 Å². The molecular formula is C21H22BrN3OS. The van der Waals surface area contributed by atoms with Crippen molar-refractivity contribution in [2.75, 3.05) is 23.3 Å². The van der Waals surface area contributed by atoms with Crippen molar-refractivity contribution >= 4 is 54.2 Å². The number of piperidine rings is 1. The molecule has 1 aliphatic rings. The summed E-state index contributed by atoms with van der Waals surface area (Å²) in [5.41, 5.74) is 4.26. The summed E-state index contributed by atoms with van der Waals surface area (Å²) in [5, 5.41) is 4.10. The van der Waals surface area contributed by atoms with Crippen LogP contribution < -0.4 is 10.2 Å². The molecule has 4 rings (SSSR count). The van der Waals surface area contributed by atoms with Crippen molar-refractivity contribution in [2.45, 2.75) is 26.7 Å². The molecule has 0 radical (unpaired) electrons. The highest BCUT2D eigenvalue weighted by molar-refractivity contribution is 9.10. The molecular weight excluding hydrogens is 422 g/mol. The van der Waals surface area contributed by atoms with Gasteiger partial charge >= 0.3 is 0 Å². The van der Waals surface area contributed by atoms with Crippen LogP contribution in [0.1, 0.15) is 24.0 Å². The average molecular weight is 444 g/mol. The molecule has 1 fully saturated rings. The predicted octanol–water partition coefficient (Wildman–Crippen LogP) is 5.53. The summed E-state index contributed by atoms with van der Waals surface area (Å²) >= 11 is 5.22. The molecule has 2 heterocycles. The van der Waals surface area contributed by atoms with Gasteiger partial charge in [-0.25, -0.2) is 4.98 Å². The lowest BCUT2D eigenvalue weighted by Gasteiger charge is -2.31. The predicted molar refractivity (Wildman–Crippen MR) is 117 cm³/mol. The van der Waals surface area contributed by atoms with Crippen LogP contribution in [0.2, 0.25) is 0 Å². The van der Waals surface area contributed by atoms with Crippen LogP contribution in [0, 0.1) is 19.8 Å². The van der Waals surface area contributed by atoms with Crippen molar-refractivity contribution in [3.05, 3.63) is 52.0 Å². The van der Waals surface area contributed by atoms with E-state index in [9.17, 15) is 4.79 Å². The molecule has 1 aliphatic heterocycles. The number of rotatable bonds is 3. The maximum atomic E-state index is 12.8. The minimum absolute atomic E-state index is 0.0172. The van der Waals surface area contributed by atoms with Gasteiger partial charge in [0.05, 0.1) is 16.1 Å². The number of hydrogen-bond donors (Lipinski definition) is 1. The summed E-state index contributed by atoms with van der Waals surface area (Å²) in [6.07, 6.45) is 1.92. The highest BCUT2D eigenvalue weighted by atomic mass is 79.9. The van der Waals surface area contributed by atoms with Gasteiger partial charge in [-0.2, -0.15) is 0 Å². The number of amides is 1. The van der Waals surface area contributed by atoms with E-state index < -0.39 is 0 Å². The molecule has 0 saturated carbocycles. The number of fused-ring (bicyclic) bond motifs is 1. The topological polar surface area (TPSA) is 45.2 Å². The van der Waals surface area contributed by atoms with Crippen LogP contribution in [0.3, 0.4) is 0 Å². The number of thiazole rings is 1. The van der Waals surface area contributed by atoms with Gasteiger partial charge in [-0.05, 0) is 68.1 Å². The normalized spacial score (nSPS) is 17.3. The SMILES string of the molecule is Cc1ccc2nc(N3CCCC(C(=O)Nc4ccc(Br)c(C)c4)C3)sc2c1. The monoisotopic (exact) mass is 443 g/mol. The molecule has 3 aromatic rings. The zero-order chi connectivity index (χ0) is 19.0. The minimum Gasteiger partial charge on any atom is -0.347 e. The van der Waals surface area contributed by atoms with Gasteiger partial charge in [0.15, 0.2) is 5.13 Å². The molecule has 2 aromatic carbocycles. The van der Waals surface area contributed by atoms with Gasteiger partial charge < -0.3 is 10.2 Å². The highest BCUT2D eigenvalue weighted by Crippen LogP contribution is 2.32. The van der Waals surface area contributed by atoms with Crippen molar-refractivity contribution < 1.29 is 4.79 Å². The third kappa shape index (κ3) is 4.01. The van der Waals surface area contributed by atoms with Crippen LogP contribution >= 0.6 is 27.3 Å². The minimum atomic E-state index is -0.0172. The second-order valence-corrected chi connectivity index (χ2v) is 9.07. The van der Waals surface area contributed by atoms with Crippen LogP contribution in [0.25, 0.3) is 10.2 Å². The number of benzene rings is 2. The smallest absolute Gasteiger partial charge is 0.229 e. The molecule has 6 heteroatoms. The number of hydrogen-bond acceptors (Lipinski definition) is 4. The lowest BCUT2D eigenvalue weighted by molar-refractivity contribution is -0.120. The lowest BCUT2D eigenvalue weighted by Crippen LogP contribution is -2.40. The first-order valence-electron chi connectivity index (χ1n) is 9.19. The molecule has 1 amide bonds. The summed E-state index contributed by atoms with van der Waals surface area (Å²) in [4.78, 5) is 19.8. The van der Waals surface area contributed by atoms with E-state index in [1.807, 2.05) is 25.1 Å². The van der Waals surface area contributed by atoms with Crippen molar-refractivity contribution in [3.63, 3.8) is 0 Å². The molecule has 4 nitrogen and oxygen atoms in total. The third-order valence-electron chi connectivity index (χ3n) is 5.02. The molecule has 0 bridgehead atoms. The van der Waals surface area contributed by atoms with E-state index in [0.29, 0.717) is 0 Å². The molecule has 1 saturated heterocycles. The Kier molecular flexibility index (Phi) is 5.19. The van der Waals surface area contributed by atoms with Gasteiger partial charge in [0.1, 0.15) is 0 Å². The molecule has 1 aromatic heterocycles. The molecule has 0 aliphatic carbocycles. The Morgan fingerprint density at radius 1 is 1.26 bits per heavy atom. The first-order chi connectivity index (χ1) is 13.0. The summed E-state index contributed by atoms with van der Waals surface area (Å²) < 4.78 is 2.26. The Morgan fingerprint density at radius 3 is 2.93 bits per heavy atom. The van der Waals surface area contributed by atoms with Crippen molar-refractivity contribution in [1.29, 1.82) is 0 Å². The van der Waals surface area contributed by atoms with Crippen LogP contribution in [0.5, 0.6) is 0 Å². The van der Waals surface area contributed by atoms with E-state index in [-0.39, 0.29) is 11.8 Å². The zero-order valence-electron chi connectivity index (χ0n) is 15.5. The number of anilines is 2. The van der Waals surface area contributed by atoms with Gasteiger partial charge in [0.25, 0.3) is 0 Å². The average Bonchev–Trinajstić information content (AvgIpc) is 3.08. The van der Waals surface area contributed by atoms with Crippen molar-refractivity contribution in [1.82, 2.24) is 4.98 Å². The number of nitrogens with zero attached hydrogens (tertiary/aromatic N) is 2.